The highest BCUT2D eigenvalue weighted by atomic mass is 79.9. The number of aromatic nitrogens is 4. The van der Waals surface area contributed by atoms with Crippen LogP contribution in [0.3, 0.4) is 0 Å². The summed E-state index contributed by atoms with van der Waals surface area (Å²) in [5, 5.41) is 3.13. The van der Waals surface area contributed by atoms with Gasteiger partial charge in [-0.25, -0.2) is 19.7 Å². The van der Waals surface area contributed by atoms with E-state index in [0.717, 1.165) is 21.2 Å². The van der Waals surface area contributed by atoms with Crippen molar-refractivity contribution < 1.29 is 28.6 Å². The highest BCUT2D eigenvalue weighted by Gasteiger charge is 2.31. The summed E-state index contributed by atoms with van der Waals surface area (Å²) in [6.07, 6.45) is 5.15. The largest absolute Gasteiger partial charge is 0.466 e. The van der Waals surface area contributed by atoms with Crippen LogP contribution in [-0.4, -0.2) is 74.9 Å². The van der Waals surface area contributed by atoms with Gasteiger partial charge < -0.3 is 29.1 Å². The Bertz CT molecular complexity index is 1370. The fourth-order valence-electron chi connectivity index (χ4n) is 4.33. The average molecular weight is 604 g/mol. The second kappa shape index (κ2) is 12.7. The Balaban J connectivity index is 1.33. The van der Waals surface area contributed by atoms with E-state index in [-0.39, 0.29) is 12.5 Å². The molecule has 0 fully saturated rings. The summed E-state index contributed by atoms with van der Waals surface area (Å²) in [4.78, 5) is 54.3. The molecule has 1 aliphatic rings. The van der Waals surface area contributed by atoms with E-state index in [9.17, 15) is 14.4 Å². The minimum atomic E-state index is -0.706. The number of aromatic amines is 1. The Kier molecular flexibility index (Phi) is 9.17. The van der Waals surface area contributed by atoms with Gasteiger partial charge in [0.15, 0.2) is 0 Å². The molecule has 3 aromatic rings. The van der Waals surface area contributed by atoms with E-state index in [0.29, 0.717) is 37.6 Å². The predicted octanol–water partition coefficient (Wildman–Crippen LogP) is 3.23. The summed E-state index contributed by atoms with van der Waals surface area (Å²) in [5.41, 5.74) is 3.16. The Labute approximate surface area is 233 Å². The van der Waals surface area contributed by atoms with Gasteiger partial charge in [-0.05, 0) is 40.9 Å². The number of H-pyrrole nitrogens is 1. The zero-order chi connectivity index (χ0) is 27.9. The third-order valence-electron chi connectivity index (χ3n) is 6.42. The van der Waals surface area contributed by atoms with Crippen LogP contribution in [-0.2, 0) is 37.3 Å². The third-order valence-corrected chi connectivity index (χ3v) is 7.22. The molecule has 1 amide bonds. The quantitative estimate of drug-likeness (QED) is 0.262. The highest BCUT2D eigenvalue weighted by molar-refractivity contribution is 9.10. The van der Waals surface area contributed by atoms with Crippen LogP contribution >= 0.6 is 15.9 Å². The van der Waals surface area contributed by atoms with Gasteiger partial charge in [0.25, 0.3) is 0 Å². The SMILES string of the molecule is CCC(C(=O)OCOC(=O)N1CCN=C1Nc1ccc2[nH]cnc2c1Br)[C@H](COC(C)=O)Cc1cncn1C. The Morgan fingerprint density at radius 2 is 2.05 bits per heavy atom. The molecule has 2 atom stereocenters. The molecule has 208 valence electrons. The number of hydrogen-bond acceptors (Lipinski definition) is 10. The molecule has 1 aliphatic heterocycles. The number of aryl methyl sites for hydroxylation is 1. The fourth-order valence-corrected chi connectivity index (χ4v) is 4.88. The normalized spacial score (nSPS) is 14.6. The molecule has 2 aromatic heterocycles. The van der Waals surface area contributed by atoms with Gasteiger partial charge in [-0.15, -0.1) is 0 Å². The second-order valence-corrected chi connectivity index (χ2v) is 9.77. The molecule has 1 unspecified atom stereocenters. The van der Waals surface area contributed by atoms with Crippen LogP contribution in [0.15, 0.2) is 40.4 Å². The molecule has 0 radical (unpaired) electrons. The minimum Gasteiger partial charge on any atom is -0.466 e. The Morgan fingerprint density at radius 3 is 2.77 bits per heavy atom. The van der Waals surface area contributed by atoms with E-state index in [1.54, 1.807) is 18.9 Å². The monoisotopic (exact) mass is 603 g/mol. The van der Waals surface area contributed by atoms with Crippen LogP contribution < -0.4 is 5.32 Å². The molecule has 0 spiro atoms. The number of carbonyl (C=O) groups excluding carboxylic acids is 3. The number of nitrogens with zero attached hydrogens (tertiary/aromatic N) is 5. The molecular weight excluding hydrogens is 574 g/mol. The number of amides is 1. The lowest BCUT2D eigenvalue weighted by molar-refractivity contribution is -0.162. The lowest BCUT2D eigenvalue weighted by Gasteiger charge is -2.25. The first kappa shape index (κ1) is 28.1. The van der Waals surface area contributed by atoms with Gasteiger partial charge in [0.2, 0.25) is 12.8 Å². The zero-order valence-electron chi connectivity index (χ0n) is 21.8. The topological polar surface area (TPSA) is 153 Å². The smallest absolute Gasteiger partial charge is 0.419 e. The van der Waals surface area contributed by atoms with Crippen molar-refractivity contribution >= 4 is 56.6 Å². The third kappa shape index (κ3) is 6.74. The molecule has 2 N–H and O–H groups in total. The molecular formula is C25H30BrN7O6. The van der Waals surface area contributed by atoms with Gasteiger partial charge in [-0.3, -0.25) is 14.6 Å². The van der Waals surface area contributed by atoms with Gasteiger partial charge >= 0.3 is 18.0 Å². The maximum Gasteiger partial charge on any atom is 0.419 e. The first-order chi connectivity index (χ1) is 18.8. The maximum atomic E-state index is 13.0. The van der Waals surface area contributed by atoms with Crippen LogP contribution in [0.4, 0.5) is 10.5 Å². The number of rotatable bonds is 10. The molecule has 14 heteroatoms. The number of carbonyl (C=O) groups is 3. The fraction of sp³-hybridized carbons (Fsp3) is 0.440. The first-order valence-corrected chi connectivity index (χ1v) is 13.2. The summed E-state index contributed by atoms with van der Waals surface area (Å²) < 4.78 is 18.4. The van der Waals surface area contributed by atoms with Crippen LogP contribution in [0.2, 0.25) is 0 Å². The van der Waals surface area contributed by atoms with Crippen molar-refractivity contribution in [3.05, 3.63) is 41.2 Å². The lowest BCUT2D eigenvalue weighted by Crippen LogP contribution is -2.39. The number of guanidine groups is 1. The molecule has 39 heavy (non-hydrogen) atoms. The van der Waals surface area contributed by atoms with Crippen molar-refractivity contribution in [1.82, 2.24) is 24.4 Å². The first-order valence-electron chi connectivity index (χ1n) is 12.4. The highest BCUT2D eigenvalue weighted by Crippen LogP contribution is 2.30. The molecule has 1 aromatic carbocycles. The number of imidazole rings is 2. The minimum absolute atomic E-state index is 0.0484. The standard InChI is InChI=1S/C25H30BrN7O6/c1-4-18(16(11-37-15(2)34)9-17-10-27-13-32(17)3)23(35)38-14-39-25(36)33-8-7-28-24(33)31-19-5-6-20-22(21(19)26)30-12-29-20/h5-6,10,12-13,16,18H,4,7-9,11,14H2,1-3H3,(H,28,31)(H,29,30)/t16-,18?/m0/s1. The van der Waals surface area contributed by atoms with Gasteiger partial charge in [0.1, 0.15) is 5.52 Å². The molecule has 13 nitrogen and oxygen atoms in total. The molecule has 0 aliphatic carbocycles. The Hall–Kier alpha value is -3.94. The number of halogens is 1. The molecule has 0 saturated heterocycles. The number of ether oxygens (including phenoxy) is 3. The van der Waals surface area contributed by atoms with E-state index < -0.39 is 30.7 Å². The maximum absolute atomic E-state index is 13.0. The van der Waals surface area contributed by atoms with E-state index in [4.69, 9.17) is 14.2 Å². The summed E-state index contributed by atoms with van der Waals surface area (Å²) in [6.45, 7) is 3.35. The van der Waals surface area contributed by atoms with Gasteiger partial charge in [0.05, 0.1) is 53.9 Å². The van der Waals surface area contributed by atoms with Gasteiger partial charge in [-0.1, -0.05) is 6.92 Å². The van der Waals surface area contributed by atoms with Crippen molar-refractivity contribution in [2.24, 2.45) is 23.9 Å². The summed E-state index contributed by atoms with van der Waals surface area (Å²) in [5.74, 6) is -1.60. The van der Waals surface area contributed by atoms with Crippen molar-refractivity contribution in [1.29, 1.82) is 0 Å². The predicted molar refractivity (Wildman–Crippen MR) is 145 cm³/mol. The van der Waals surface area contributed by atoms with E-state index in [2.05, 4.69) is 41.2 Å². The summed E-state index contributed by atoms with van der Waals surface area (Å²) in [7, 11) is 1.85. The van der Waals surface area contributed by atoms with Crippen molar-refractivity contribution in [3.63, 3.8) is 0 Å². The second-order valence-electron chi connectivity index (χ2n) is 8.98. The number of benzene rings is 1. The zero-order valence-corrected chi connectivity index (χ0v) is 23.4. The number of nitrogens with one attached hydrogen (secondary N) is 2. The van der Waals surface area contributed by atoms with Crippen LogP contribution in [0.5, 0.6) is 0 Å². The average Bonchev–Trinajstić information content (AvgIpc) is 3.66. The number of esters is 2. The lowest BCUT2D eigenvalue weighted by atomic mass is 9.87. The number of hydrogen-bond donors (Lipinski definition) is 2. The van der Waals surface area contributed by atoms with E-state index >= 15 is 0 Å². The van der Waals surface area contributed by atoms with Crippen LogP contribution in [0.25, 0.3) is 11.0 Å². The van der Waals surface area contributed by atoms with Crippen LogP contribution in [0.1, 0.15) is 26.0 Å². The van der Waals surface area contributed by atoms with Crippen LogP contribution in [0, 0.1) is 11.8 Å². The summed E-state index contributed by atoms with van der Waals surface area (Å²) >= 11 is 3.53. The van der Waals surface area contributed by atoms with E-state index in [1.165, 1.54) is 11.8 Å². The number of anilines is 1. The van der Waals surface area contributed by atoms with Crippen molar-refractivity contribution in [3.8, 4) is 0 Å². The summed E-state index contributed by atoms with van der Waals surface area (Å²) in [6, 6.07) is 3.69. The number of fused-ring (bicyclic) bond motifs is 1. The van der Waals surface area contributed by atoms with Gasteiger partial charge in [0, 0.05) is 31.8 Å². The van der Waals surface area contributed by atoms with E-state index in [1.807, 2.05) is 30.7 Å². The van der Waals surface area contributed by atoms with Gasteiger partial charge in [-0.2, -0.15) is 0 Å². The Morgan fingerprint density at radius 1 is 1.23 bits per heavy atom. The molecule has 0 saturated carbocycles. The number of aliphatic imine (C=N–C) groups is 1. The molecule has 3 heterocycles. The molecule has 4 rings (SSSR count). The van der Waals surface area contributed by atoms with Crippen molar-refractivity contribution in [2.75, 3.05) is 31.8 Å². The molecule has 0 bridgehead atoms. The van der Waals surface area contributed by atoms with Crippen molar-refractivity contribution in [2.45, 2.75) is 26.7 Å².